The molecule has 0 spiro atoms. The minimum absolute atomic E-state index is 0.163. The number of aryl methyl sites for hydroxylation is 1. The van der Waals surface area contributed by atoms with Crippen molar-refractivity contribution in [1.82, 2.24) is 8.97 Å². The topological polar surface area (TPSA) is 52.7 Å². The van der Waals surface area contributed by atoms with Gasteiger partial charge < -0.3 is 4.74 Å². The van der Waals surface area contributed by atoms with E-state index in [1.54, 1.807) is 15.0 Å². The molecule has 0 atom stereocenters. The number of hydrogen-bond acceptors (Lipinski definition) is 5. The Bertz CT molecular complexity index is 1300. The SMILES string of the molecule is COC(=O)c1sc(=S)n2c3ccccc3c(=O)n(Cc3ccc(C)cc3)c12. The van der Waals surface area contributed by atoms with Gasteiger partial charge in [-0.15, -0.1) is 0 Å². The first kappa shape index (κ1) is 17.6. The fraction of sp³-hybridized carbons (Fsp3) is 0.150. The molecule has 27 heavy (non-hydrogen) atoms. The molecular formula is C20H16N2O3S2. The largest absolute Gasteiger partial charge is 0.465 e. The van der Waals surface area contributed by atoms with Crippen LogP contribution in [0.2, 0.25) is 0 Å². The van der Waals surface area contributed by atoms with E-state index in [9.17, 15) is 9.59 Å². The summed E-state index contributed by atoms with van der Waals surface area (Å²) in [6.45, 7) is 2.35. The number of hydrogen-bond donors (Lipinski definition) is 0. The molecule has 0 saturated carbocycles. The van der Waals surface area contributed by atoms with Crippen LogP contribution >= 0.6 is 23.6 Å². The maximum Gasteiger partial charge on any atom is 0.351 e. The molecule has 4 aromatic rings. The van der Waals surface area contributed by atoms with Crippen LogP contribution in [0.1, 0.15) is 20.8 Å². The average molecular weight is 396 g/mol. The van der Waals surface area contributed by atoms with E-state index < -0.39 is 5.97 Å². The molecule has 0 unspecified atom stereocenters. The number of rotatable bonds is 3. The summed E-state index contributed by atoms with van der Waals surface area (Å²) < 4.78 is 8.82. The van der Waals surface area contributed by atoms with E-state index in [4.69, 9.17) is 17.0 Å². The summed E-state index contributed by atoms with van der Waals surface area (Å²) in [6.07, 6.45) is 0. The molecule has 0 N–H and O–H groups in total. The molecule has 0 fully saturated rings. The van der Waals surface area contributed by atoms with Crippen molar-refractivity contribution < 1.29 is 9.53 Å². The standard InChI is InChI=1S/C20H16N2O3S2/c1-12-7-9-13(10-8-12)11-21-17-16(19(24)25-2)27-20(26)22(17)15-6-4-3-5-14(15)18(21)23/h3-10H,11H2,1-2H3. The summed E-state index contributed by atoms with van der Waals surface area (Å²) in [5, 5.41) is 0.558. The van der Waals surface area contributed by atoms with Crippen LogP contribution in [0.25, 0.3) is 16.6 Å². The molecule has 2 aromatic carbocycles. The fourth-order valence-corrected chi connectivity index (χ4v) is 4.51. The minimum Gasteiger partial charge on any atom is -0.465 e. The summed E-state index contributed by atoms with van der Waals surface area (Å²) >= 11 is 6.67. The van der Waals surface area contributed by atoms with Crippen LogP contribution in [0.5, 0.6) is 0 Å². The quantitative estimate of drug-likeness (QED) is 0.385. The molecule has 0 amide bonds. The summed E-state index contributed by atoms with van der Waals surface area (Å²) in [4.78, 5) is 25.9. The van der Waals surface area contributed by atoms with Crippen LogP contribution < -0.4 is 5.56 Å². The highest BCUT2D eigenvalue weighted by molar-refractivity contribution is 7.73. The Morgan fingerprint density at radius 1 is 1.15 bits per heavy atom. The summed E-state index contributed by atoms with van der Waals surface area (Å²) in [6, 6.07) is 15.2. The third-order valence-electron chi connectivity index (χ3n) is 4.50. The Morgan fingerprint density at radius 3 is 2.56 bits per heavy atom. The van der Waals surface area contributed by atoms with Crippen LogP contribution in [0.3, 0.4) is 0 Å². The van der Waals surface area contributed by atoms with E-state index in [1.807, 2.05) is 49.4 Å². The maximum absolute atomic E-state index is 13.3. The Labute approximate surface area is 164 Å². The molecule has 136 valence electrons. The van der Waals surface area contributed by atoms with Gasteiger partial charge in [-0.3, -0.25) is 13.8 Å². The van der Waals surface area contributed by atoms with E-state index >= 15 is 0 Å². The molecule has 5 nitrogen and oxygen atoms in total. The number of esters is 1. The van der Waals surface area contributed by atoms with Gasteiger partial charge in [0.2, 0.25) is 0 Å². The van der Waals surface area contributed by atoms with Gasteiger partial charge in [0.15, 0.2) is 8.83 Å². The number of carbonyl (C=O) groups is 1. The number of nitrogens with zero attached hydrogens (tertiary/aromatic N) is 2. The van der Waals surface area contributed by atoms with Crippen molar-refractivity contribution in [2.75, 3.05) is 7.11 Å². The van der Waals surface area contributed by atoms with E-state index in [1.165, 1.54) is 7.11 Å². The Balaban J connectivity index is 2.12. The van der Waals surface area contributed by atoms with Gasteiger partial charge in [0.25, 0.3) is 5.56 Å². The molecule has 0 aliphatic carbocycles. The van der Waals surface area contributed by atoms with E-state index in [-0.39, 0.29) is 5.56 Å². The maximum atomic E-state index is 13.3. The highest BCUT2D eigenvalue weighted by Crippen LogP contribution is 2.25. The van der Waals surface area contributed by atoms with Crippen molar-refractivity contribution >= 4 is 46.1 Å². The predicted octanol–water partition coefficient (Wildman–Crippen LogP) is 4.19. The Hall–Kier alpha value is -2.77. The van der Waals surface area contributed by atoms with Gasteiger partial charge in [0, 0.05) is 0 Å². The Kier molecular flexibility index (Phi) is 4.41. The smallest absolute Gasteiger partial charge is 0.351 e. The fourth-order valence-electron chi connectivity index (χ4n) is 3.16. The molecule has 2 aromatic heterocycles. The van der Waals surface area contributed by atoms with Gasteiger partial charge in [-0.2, -0.15) is 0 Å². The minimum atomic E-state index is -0.499. The van der Waals surface area contributed by atoms with Gasteiger partial charge in [-0.1, -0.05) is 53.3 Å². The zero-order chi connectivity index (χ0) is 19.1. The second kappa shape index (κ2) is 6.75. The molecule has 0 saturated heterocycles. The second-order valence-corrected chi connectivity index (χ2v) is 7.89. The normalized spacial score (nSPS) is 11.2. The number of benzene rings is 2. The third kappa shape index (κ3) is 2.89. The summed E-state index contributed by atoms with van der Waals surface area (Å²) in [7, 11) is 1.32. The molecule has 0 radical (unpaired) electrons. The van der Waals surface area contributed by atoms with Crippen molar-refractivity contribution in [3.8, 4) is 0 Å². The van der Waals surface area contributed by atoms with Gasteiger partial charge in [0.05, 0.1) is 24.6 Å². The number of aromatic nitrogens is 2. The molecule has 0 aliphatic heterocycles. The number of para-hydroxylation sites is 1. The average Bonchev–Trinajstić information content (AvgIpc) is 3.03. The molecule has 2 heterocycles. The first-order chi connectivity index (χ1) is 13.0. The van der Waals surface area contributed by atoms with Gasteiger partial charge in [-0.25, -0.2) is 4.79 Å². The summed E-state index contributed by atoms with van der Waals surface area (Å²) in [5.41, 5.74) is 3.11. The van der Waals surface area contributed by atoms with Crippen molar-refractivity contribution in [2.45, 2.75) is 13.5 Å². The first-order valence-corrected chi connectivity index (χ1v) is 9.54. The number of ether oxygens (including phenoxy) is 1. The molecule has 7 heteroatoms. The summed E-state index contributed by atoms with van der Waals surface area (Å²) in [5.74, 6) is -0.499. The number of thiazole rings is 1. The highest BCUT2D eigenvalue weighted by atomic mass is 32.1. The predicted molar refractivity (Wildman–Crippen MR) is 109 cm³/mol. The van der Waals surface area contributed by atoms with E-state index in [0.29, 0.717) is 31.9 Å². The Morgan fingerprint density at radius 2 is 1.85 bits per heavy atom. The monoisotopic (exact) mass is 396 g/mol. The lowest BCUT2D eigenvalue weighted by atomic mass is 10.1. The molecular weight excluding hydrogens is 380 g/mol. The number of methoxy groups -OCH3 is 1. The zero-order valence-corrected chi connectivity index (χ0v) is 16.4. The van der Waals surface area contributed by atoms with Crippen molar-refractivity contribution in [2.24, 2.45) is 0 Å². The van der Waals surface area contributed by atoms with Gasteiger partial charge in [-0.05, 0) is 36.8 Å². The zero-order valence-electron chi connectivity index (χ0n) is 14.8. The lowest BCUT2D eigenvalue weighted by Crippen LogP contribution is -2.24. The molecule has 0 bridgehead atoms. The molecule has 0 aliphatic rings. The molecule has 4 rings (SSSR count). The van der Waals surface area contributed by atoms with Crippen molar-refractivity contribution in [3.63, 3.8) is 0 Å². The van der Waals surface area contributed by atoms with Crippen LogP contribution in [0.15, 0.2) is 53.3 Å². The third-order valence-corrected chi connectivity index (χ3v) is 5.84. The van der Waals surface area contributed by atoms with Crippen LogP contribution in [0.4, 0.5) is 0 Å². The van der Waals surface area contributed by atoms with E-state index in [0.717, 1.165) is 22.5 Å². The van der Waals surface area contributed by atoms with E-state index in [2.05, 4.69) is 0 Å². The van der Waals surface area contributed by atoms with Gasteiger partial charge >= 0.3 is 5.97 Å². The van der Waals surface area contributed by atoms with Crippen LogP contribution in [0, 0.1) is 10.9 Å². The lowest BCUT2D eigenvalue weighted by molar-refractivity contribution is 0.0607. The number of carbonyl (C=O) groups excluding carboxylic acids is 1. The van der Waals surface area contributed by atoms with Crippen LogP contribution in [-0.2, 0) is 11.3 Å². The van der Waals surface area contributed by atoms with Crippen molar-refractivity contribution in [1.29, 1.82) is 0 Å². The van der Waals surface area contributed by atoms with Crippen LogP contribution in [-0.4, -0.2) is 22.0 Å². The first-order valence-electron chi connectivity index (χ1n) is 8.32. The number of fused-ring (bicyclic) bond motifs is 3. The van der Waals surface area contributed by atoms with Gasteiger partial charge in [0.1, 0.15) is 5.65 Å². The second-order valence-electron chi connectivity index (χ2n) is 6.24. The highest BCUT2D eigenvalue weighted by Gasteiger charge is 2.22. The van der Waals surface area contributed by atoms with Crippen molar-refractivity contribution in [3.05, 3.63) is 78.8 Å². The lowest BCUT2D eigenvalue weighted by Gasteiger charge is -2.13.